The smallest absolute Gasteiger partial charge is 0.475 e. The van der Waals surface area contributed by atoms with Gasteiger partial charge < -0.3 is 20.6 Å². The number of rotatable bonds is 5. The Kier molecular flexibility index (Phi) is 8.48. The number of imidazole rings is 1. The molecule has 1 aliphatic heterocycles. The van der Waals surface area contributed by atoms with Crippen LogP contribution in [0.25, 0.3) is 11.2 Å². The van der Waals surface area contributed by atoms with E-state index in [4.69, 9.17) is 9.90 Å². The molecule has 1 aliphatic rings. The van der Waals surface area contributed by atoms with E-state index in [9.17, 15) is 18.0 Å². The molecule has 3 heterocycles. The van der Waals surface area contributed by atoms with Crippen LogP contribution in [-0.4, -0.2) is 69.1 Å². The molecule has 176 valence electrons. The van der Waals surface area contributed by atoms with Crippen molar-refractivity contribution in [3.63, 3.8) is 0 Å². The molecule has 0 atom stereocenters. The number of anilines is 2. The van der Waals surface area contributed by atoms with E-state index in [1.807, 2.05) is 4.57 Å². The molecule has 0 amide bonds. The largest absolute Gasteiger partial charge is 0.490 e. The zero-order chi connectivity index (χ0) is 23.9. The number of hydrogen-bond acceptors (Lipinski definition) is 7. The molecule has 0 saturated carbocycles. The predicted molar refractivity (Wildman–Crippen MR) is 114 cm³/mol. The van der Waals surface area contributed by atoms with Crippen LogP contribution in [0.2, 0.25) is 0 Å². The molecular weight excluding hydrogens is 431 g/mol. The third-order valence-electron chi connectivity index (χ3n) is 4.56. The molecular formula is C19H26F3N7O3. The summed E-state index contributed by atoms with van der Waals surface area (Å²) in [6.45, 7) is 8.57. The van der Waals surface area contributed by atoms with E-state index in [2.05, 4.69) is 44.3 Å². The second-order valence-corrected chi connectivity index (χ2v) is 6.86. The van der Waals surface area contributed by atoms with Gasteiger partial charge in [0.2, 0.25) is 11.9 Å². The van der Waals surface area contributed by atoms with Crippen molar-refractivity contribution in [3.05, 3.63) is 10.4 Å². The fourth-order valence-electron chi connectivity index (χ4n) is 2.96. The molecule has 0 spiro atoms. The summed E-state index contributed by atoms with van der Waals surface area (Å²) in [4.78, 5) is 33.3. The van der Waals surface area contributed by atoms with Gasteiger partial charge in [-0.05, 0) is 13.3 Å². The van der Waals surface area contributed by atoms with Gasteiger partial charge in [0.05, 0.1) is 6.54 Å². The number of carboxylic acid groups (broad SMARTS) is 1. The number of hydrogen-bond donors (Lipinski definition) is 3. The van der Waals surface area contributed by atoms with E-state index >= 15 is 0 Å². The molecule has 32 heavy (non-hydrogen) atoms. The fraction of sp³-hybridized carbons (Fsp3) is 0.579. The minimum atomic E-state index is -5.08. The molecule has 2 aromatic rings. The Morgan fingerprint density at radius 1 is 1.28 bits per heavy atom. The highest BCUT2D eigenvalue weighted by atomic mass is 19.4. The molecule has 1 fully saturated rings. The van der Waals surface area contributed by atoms with Crippen LogP contribution in [0.3, 0.4) is 0 Å². The van der Waals surface area contributed by atoms with Crippen molar-refractivity contribution < 1.29 is 23.1 Å². The highest BCUT2D eigenvalue weighted by Gasteiger charge is 2.38. The van der Waals surface area contributed by atoms with Gasteiger partial charge in [0, 0.05) is 39.8 Å². The summed E-state index contributed by atoms with van der Waals surface area (Å²) in [5.74, 6) is 4.53. The van der Waals surface area contributed by atoms with Crippen LogP contribution in [0.1, 0.15) is 20.3 Å². The lowest BCUT2D eigenvalue weighted by molar-refractivity contribution is -0.192. The minimum Gasteiger partial charge on any atom is -0.475 e. The summed E-state index contributed by atoms with van der Waals surface area (Å²) in [5, 5.41) is 13.7. The van der Waals surface area contributed by atoms with Crippen molar-refractivity contribution in [2.24, 2.45) is 7.05 Å². The second kappa shape index (κ2) is 10.9. The molecule has 0 radical (unpaired) electrons. The van der Waals surface area contributed by atoms with E-state index in [0.29, 0.717) is 23.7 Å². The van der Waals surface area contributed by atoms with Crippen molar-refractivity contribution in [2.75, 3.05) is 42.9 Å². The number of nitrogens with one attached hydrogen (secondary N) is 2. The number of nitrogens with zero attached hydrogens (tertiary/aromatic N) is 5. The van der Waals surface area contributed by atoms with Gasteiger partial charge in [0.1, 0.15) is 0 Å². The van der Waals surface area contributed by atoms with Crippen LogP contribution >= 0.6 is 0 Å². The van der Waals surface area contributed by atoms with Gasteiger partial charge in [-0.3, -0.25) is 13.9 Å². The summed E-state index contributed by atoms with van der Waals surface area (Å²) in [6, 6.07) is 0. The quantitative estimate of drug-likeness (QED) is 0.570. The minimum absolute atomic E-state index is 0.101. The second-order valence-electron chi connectivity index (χ2n) is 6.86. The maximum Gasteiger partial charge on any atom is 0.490 e. The van der Waals surface area contributed by atoms with Crippen molar-refractivity contribution in [1.29, 1.82) is 0 Å². The summed E-state index contributed by atoms with van der Waals surface area (Å²) >= 11 is 0. The summed E-state index contributed by atoms with van der Waals surface area (Å²) in [7, 11) is 1.74. The number of aromatic nitrogens is 4. The summed E-state index contributed by atoms with van der Waals surface area (Å²) in [6.07, 6.45) is -4.12. The Balaban J connectivity index is 0.000000451. The Labute approximate surface area is 182 Å². The van der Waals surface area contributed by atoms with Crippen LogP contribution in [0, 0.1) is 11.8 Å². The first-order chi connectivity index (χ1) is 15.1. The van der Waals surface area contributed by atoms with Crippen LogP contribution in [0.15, 0.2) is 4.79 Å². The average Bonchev–Trinajstić information content (AvgIpc) is 3.12. The topological polar surface area (TPSA) is 117 Å². The zero-order valence-electron chi connectivity index (χ0n) is 18.1. The number of fused-ring (bicyclic) bond motifs is 1. The highest BCUT2D eigenvalue weighted by molar-refractivity contribution is 5.75. The van der Waals surface area contributed by atoms with Gasteiger partial charge in [-0.15, -0.1) is 5.92 Å². The lowest BCUT2D eigenvalue weighted by atomic mass is 10.4. The maximum atomic E-state index is 12.9. The molecule has 1 saturated heterocycles. The molecule has 0 unspecified atom stereocenters. The zero-order valence-corrected chi connectivity index (χ0v) is 18.1. The van der Waals surface area contributed by atoms with Crippen molar-refractivity contribution in [3.8, 4) is 11.8 Å². The normalized spacial score (nSPS) is 13.8. The molecule has 0 aliphatic carbocycles. The first-order valence-electron chi connectivity index (χ1n) is 9.98. The molecule has 0 aromatic carbocycles. The number of piperazine rings is 1. The Hall–Kier alpha value is -3.27. The first-order valence-corrected chi connectivity index (χ1v) is 9.98. The number of halogens is 3. The first kappa shape index (κ1) is 25.0. The Bertz CT molecular complexity index is 1060. The average molecular weight is 457 g/mol. The Morgan fingerprint density at radius 3 is 2.44 bits per heavy atom. The van der Waals surface area contributed by atoms with E-state index in [1.165, 1.54) is 0 Å². The van der Waals surface area contributed by atoms with Crippen LogP contribution in [0.5, 0.6) is 0 Å². The molecule has 10 nitrogen and oxygen atoms in total. The van der Waals surface area contributed by atoms with Crippen LogP contribution < -0.4 is 21.1 Å². The van der Waals surface area contributed by atoms with Gasteiger partial charge in [-0.25, -0.2) is 4.79 Å². The predicted octanol–water partition coefficient (Wildman–Crippen LogP) is 1.02. The van der Waals surface area contributed by atoms with Crippen molar-refractivity contribution >= 4 is 29.0 Å². The highest BCUT2D eigenvalue weighted by Crippen LogP contribution is 2.21. The van der Waals surface area contributed by atoms with E-state index in [-0.39, 0.29) is 5.56 Å². The molecule has 2 aromatic heterocycles. The van der Waals surface area contributed by atoms with Crippen LogP contribution in [-0.2, 0) is 18.4 Å². The summed E-state index contributed by atoms with van der Waals surface area (Å²) < 4.78 is 35.2. The molecule has 3 rings (SSSR count). The van der Waals surface area contributed by atoms with Gasteiger partial charge >= 0.3 is 12.1 Å². The monoisotopic (exact) mass is 457 g/mol. The third kappa shape index (κ3) is 5.91. The van der Waals surface area contributed by atoms with Gasteiger partial charge in [0.25, 0.3) is 5.56 Å². The fourth-order valence-corrected chi connectivity index (χ4v) is 2.96. The standard InChI is InChI=1S/C17H25N7O.C2HF3O2/c1-4-6-10-24-13-14(21-17(24)23-11-8-18-9-12-23)20-16(19-7-5-2)22(3)15(13)25;3-2(4,5)1(6)7/h18H,5,7-12H2,1-3H3,(H,19,20);(H,6,7). The number of alkyl halides is 3. The van der Waals surface area contributed by atoms with Crippen molar-refractivity contribution in [1.82, 2.24) is 24.4 Å². The van der Waals surface area contributed by atoms with Gasteiger partial charge in [-0.1, -0.05) is 12.8 Å². The molecule has 13 heteroatoms. The molecule has 0 bridgehead atoms. The van der Waals surface area contributed by atoms with Crippen molar-refractivity contribution in [2.45, 2.75) is 33.0 Å². The third-order valence-corrected chi connectivity index (χ3v) is 4.56. The van der Waals surface area contributed by atoms with E-state index < -0.39 is 12.1 Å². The SMILES string of the molecule is CC#CCn1c(N2CCNCC2)nc2nc(NCCC)n(C)c(=O)c21.O=C(O)C(F)(F)F. The van der Waals surface area contributed by atoms with Crippen LogP contribution in [0.4, 0.5) is 25.1 Å². The van der Waals surface area contributed by atoms with Gasteiger partial charge in [0.15, 0.2) is 11.2 Å². The van der Waals surface area contributed by atoms with E-state index in [0.717, 1.165) is 45.1 Å². The van der Waals surface area contributed by atoms with E-state index in [1.54, 1.807) is 18.5 Å². The summed E-state index contributed by atoms with van der Waals surface area (Å²) in [5.41, 5.74) is 0.893. The van der Waals surface area contributed by atoms with Gasteiger partial charge in [-0.2, -0.15) is 23.1 Å². The lowest BCUT2D eigenvalue weighted by Gasteiger charge is -2.28. The Morgan fingerprint density at radius 2 is 1.91 bits per heavy atom. The molecule has 3 N–H and O–H groups in total. The number of carbonyl (C=O) groups is 1. The lowest BCUT2D eigenvalue weighted by Crippen LogP contribution is -2.44. The number of carboxylic acids is 1. The maximum absolute atomic E-state index is 12.9. The number of aliphatic carboxylic acids is 1.